The summed E-state index contributed by atoms with van der Waals surface area (Å²) in [6.45, 7) is 0.269. The molecule has 2 heterocycles. The van der Waals surface area contributed by atoms with Gasteiger partial charge < -0.3 is 0 Å². The molecular weight excluding hydrogens is 258 g/mol. The topological polar surface area (TPSA) is 79.4 Å². The van der Waals surface area contributed by atoms with E-state index in [1.54, 1.807) is 12.4 Å². The first-order chi connectivity index (χ1) is 9.63. The molecule has 1 spiro atoms. The number of hydrogen-bond acceptors (Lipinski definition) is 4. The molecule has 1 saturated carbocycles. The highest BCUT2D eigenvalue weighted by Crippen LogP contribution is 2.44. The molecule has 6 heteroatoms. The van der Waals surface area contributed by atoms with Gasteiger partial charge in [0.25, 0.3) is 0 Å². The highest BCUT2D eigenvalue weighted by molar-refractivity contribution is 6.19. The largest absolute Gasteiger partial charge is 0.330 e. The van der Waals surface area contributed by atoms with Crippen molar-refractivity contribution in [2.45, 2.75) is 25.7 Å². The molecule has 104 valence electrons. The molecule has 2 aliphatic rings. The Morgan fingerprint density at radius 1 is 1.30 bits per heavy atom. The van der Waals surface area contributed by atoms with Crippen molar-refractivity contribution in [2.75, 3.05) is 6.54 Å². The maximum Gasteiger partial charge on any atom is 0.330 e. The smallest absolute Gasteiger partial charge is 0.277 e. The first-order valence-corrected chi connectivity index (χ1v) is 6.70. The number of amides is 4. The van der Waals surface area contributed by atoms with Gasteiger partial charge in [0.05, 0.1) is 0 Å². The molecule has 4 amide bonds. The minimum absolute atomic E-state index is 0.269. The summed E-state index contributed by atoms with van der Waals surface area (Å²) in [6.07, 6.45) is 5.84. The molecule has 1 aliphatic heterocycles. The number of urea groups is 1. The molecule has 20 heavy (non-hydrogen) atoms. The van der Waals surface area contributed by atoms with Gasteiger partial charge in [0.1, 0.15) is 5.41 Å². The Hall–Kier alpha value is -2.24. The van der Waals surface area contributed by atoms with Gasteiger partial charge in [-0.25, -0.2) is 4.79 Å². The van der Waals surface area contributed by atoms with Crippen molar-refractivity contribution in [3.05, 3.63) is 30.1 Å². The van der Waals surface area contributed by atoms with Crippen LogP contribution in [-0.4, -0.2) is 34.3 Å². The summed E-state index contributed by atoms with van der Waals surface area (Å²) in [6, 6.07) is 3.09. The van der Waals surface area contributed by atoms with Crippen molar-refractivity contribution in [2.24, 2.45) is 5.41 Å². The Labute approximate surface area is 116 Å². The zero-order chi connectivity index (χ0) is 14.2. The number of pyridine rings is 1. The Morgan fingerprint density at radius 3 is 2.70 bits per heavy atom. The predicted octanol–water partition coefficient (Wildman–Crippen LogP) is 0.873. The van der Waals surface area contributed by atoms with E-state index in [1.165, 1.54) is 0 Å². The van der Waals surface area contributed by atoms with Crippen LogP contribution in [0.3, 0.4) is 0 Å². The Morgan fingerprint density at radius 2 is 2.10 bits per heavy atom. The molecule has 0 radical (unpaired) electrons. The van der Waals surface area contributed by atoms with Crippen LogP contribution in [0.15, 0.2) is 24.5 Å². The molecule has 2 fully saturated rings. The van der Waals surface area contributed by atoms with E-state index in [0.717, 1.165) is 16.9 Å². The van der Waals surface area contributed by atoms with Gasteiger partial charge in [0, 0.05) is 18.9 Å². The number of nitrogens with one attached hydrogen (secondary N) is 1. The third kappa shape index (κ3) is 1.88. The zero-order valence-electron chi connectivity index (χ0n) is 11.0. The summed E-state index contributed by atoms with van der Waals surface area (Å²) in [5.74, 6) is -0.780. The summed E-state index contributed by atoms with van der Waals surface area (Å²) in [5.41, 5.74) is -0.0317. The van der Waals surface area contributed by atoms with Crippen LogP contribution in [0.1, 0.15) is 24.8 Å². The van der Waals surface area contributed by atoms with Crippen molar-refractivity contribution in [1.29, 1.82) is 0 Å². The van der Waals surface area contributed by atoms with Gasteiger partial charge in [-0.3, -0.25) is 24.8 Å². The lowest BCUT2D eigenvalue weighted by atomic mass is 9.66. The molecule has 6 nitrogen and oxygen atoms in total. The van der Waals surface area contributed by atoms with Crippen LogP contribution in [0.25, 0.3) is 0 Å². The summed E-state index contributed by atoms with van der Waals surface area (Å²) in [5, 5.41) is 2.30. The monoisotopic (exact) mass is 273 g/mol. The first kappa shape index (κ1) is 12.8. The average molecular weight is 273 g/mol. The van der Waals surface area contributed by atoms with E-state index in [0.29, 0.717) is 19.3 Å². The predicted molar refractivity (Wildman–Crippen MR) is 69.5 cm³/mol. The van der Waals surface area contributed by atoms with Crippen LogP contribution >= 0.6 is 0 Å². The lowest BCUT2D eigenvalue weighted by molar-refractivity contribution is -0.157. The number of imide groups is 2. The van der Waals surface area contributed by atoms with Gasteiger partial charge in [0.15, 0.2) is 0 Å². The number of aromatic nitrogens is 1. The number of barbiturate groups is 1. The van der Waals surface area contributed by atoms with Gasteiger partial charge in [0.2, 0.25) is 11.8 Å². The second-order valence-corrected chi connectivity index (χ2v) is 5.26. The molecule has 1 aromatic rings. The van der Waals surface area contributed by atoms with Gasteiger partial charge in [-0.2, -0.15) is 0 Å². The van der Waals surface area contributed by atoms with E-state index in [1.807, 2.05) is 12.1 Å². The molecular formula is C14H15N3O3. The standard InChI is InChI=1S/C14H15N3O3/c18-11-14(5-2-6-14)12(19)17(13(20)16-11)8-4-10-3-1-7-15-9-10/h1,3,7,9H,2,4-6,8H2,(H,16,18,20). The Kier molecular flexibility index (Phi) is 3.00. The molecule has 1 aromatic heterocycles. The third-order valence-electron chi connectivity index (χ3n) is 4.11. The lowest BCUT2D eigenvalue weighted by Gasteiger charge is -2.44. The number of carbonyl (C=O) groups excluding carboxylic acids is 3. The fraction of sp³-hybridized carbons (Fsp3) is 0.429. The van der Waals surface area contributed by atoms with Gasteiger partial charge >= 0.3 is 6.03 Å². The van der Waals surface area contributed by atoms with Gasteiger partial charge in [-0.15, -0.1) is 0 Å². The van der Waals surface area contributed by atoms with E-state index < -0.39 is 17.4 Å². The highest BCUT2D eigenvalue weighted by Gasteiger charge is 2.57. The maximum absolute atomic E-state index is 12.4. The van der Waals surface area contributed by atoms with Crippen molar-refractivity contribution < 1.29 is 14.4 Å². The fourth-order valence-electron chi connectivity index (χ4n) is 2.69. The van der Waals surface area contributed by atoms with Gasteiger partial charge in [-0.05, 0) is 30.9 Å². The van der Waals surface area contributed by atoms with Crippen molar-refractivity contribution in [3.63, 3.8) is 0 Å². The maximum atomic E-state index is 12.4. The normalized spacial score (nSPS) is 20.8. The number of rotatable bonds is 3. The summed E-state index contributed by atoms with van der Waals surface area (Å²) < 4.78 is 0. The van der Waals surface area contributed by atoms with Crippen LogP contribution < -0.4 is 5.32 Å². The van der Waals surface area contributed by atoms with E-state index in [4.69, 9.17) is 0 Å². The molecule has 1 saturated heterocycles. The summed E-state index contributed by atoms with van der Waals surface area (Å²) in [4.78, 5) is 41.2. The van der Waals surface area contributed by atoms with Crippen LogP contribution in [0, 0.1) is 5.41 Å². The van der Waals surface area contributed by atoms with Crippen molar-refractivity contribution in [1.82, 2.24) is 15.2 Å². The van der Waals surface area contributed by atoms with E-state index in [2.05, 4.69) is 10.3 Å². The van der Waals surface area contributed by atoms with Crippen LogP contribution in [0.5, 0.6) is 0 Å². The van der Waals surface area contributed by atoms with E-state index in [9.17, 15) is 14.4 Å². The van der Waals surface area contributed by atoms with Crippen LogP contribution in [-0.2, 0) is 16.0 Å². The molecule has 1 aliphatic carbocycles. The van der Waals surface area contributed by atoms with Crippen molar-refractivity contribution >= 4 is 17.8 Å². The SMILES string of the molecule is O=C1NC(=O)C2(CCC2)C(=O)N1CCc1cccnc1. The number of nitrogens with zero attached hydrogens (tertiary/aromatic N) is 2. The quantitative estimate of drug-likeness (QED) is 0.829. The third-order valence-corrected chi connectivity index (χ3v) is 4.11. The Bertz CT molecular complexity index is 566. The Balaban J connectivity index is 1.73. The minimum atomic E-state index is -0.983. The molecule has 3 rings (SSSR count). The van der Waals surface area contributed by atoms with E-state index >= 15 is 0 Å². The van der Waals surface area contributed by atoms with E-state index in [-0.39, 0.29) is 12.5 Å². The number of hydrogen-bond donors (Lipinski definition) is 1. The van der Waals surface area contributed by atoms with Crippen molar-refractivity contribution in [3.8, 4) is 0 Å². The lowest BCUT2D eigenvalue weighted by Crippen LogP contribution is -2.66. The van der Waals surface area contributed by atoms with Gasteiger partial charge in [-0.1, -0.05) is 12.5 Å². The fourth-order valence-corrected chi connectivity index (χ4v) is 2.69. The number of carbonyl (C=O) groups is 3. The van der Waals surface area contributed by atoms with Crippen LogP contribution in [0.2, 0.25) is 0 Å². The minimum Gasteiger partial charge on any atom is -0.277 e. The molecule has 0 aromatic carbocycles. The molecule has 0 unspecified atom stereocenters. The van der Waals surface area contributed by atoms with Crippen LogP contribution in [0.4, 0.5) is 4.79 Å². The molecule has 0 bridgehead atoms. The second-order valence-electron chi connectivity index (χ2n) is 5.26. The average Bonchev–Trinajstić information content (AvgIpc) is 2.37. The first-order valence-electron chi connectivity index (χ1n) is 6.70. The summed E-state index contributed by atoms with van der Waals surface area (Å²) in [7, 11) is 0. The highest BCUT2D eigenvalue weighted by atomic mass is 16.2. The summed E-state index contributed by atoms with van der Waals surface area (Å²) >= 11 is 0. The zero-order valence-corrected chi connectivity index (χ0v) is 11.0. The second kappa shape index (κ2) is 4.70. The molecule has 1 N–H and O–H groups in total. The molecule has 0 atom stereocenters.